The minimum Gasteiger partial charge on any atom is -0.496 e. The maximum atomic E-state index is 10.4. The first-order valence-corrected chi connectivity index (χ1v) is 7.66. The third kappa shape index (κ3) is 2.78. The van der Waals surface area contributed by atoms with Crippen LogP contribution in [0.5, 0.6) is 11.5 Å². The number of hydrogen-bond acceptors (Lipinski definition) is 3. The van der Waals surface area contributed by atoms with Crippen molar-refractivity contribution in [3.05, 3.63) is 57.6 Å². The normalized spacial score (nSPS) is 20.6. The van der Waals surface area contributed by atoms with E-state index in [-0.39, 0.29) is 6.10 Å². The molecule has 0 aliphatic carbocycles. The van der Waals surface area contributed by atoms with Crippen molar-refractivity contribution in [1.29, 1.82) is 0 Å². The largest absolute Gasteiger partial charge is 0.496 e. The summed E-state index contributed by atoms with van der Waals surface area (Å²) in [7, 11) is 1.64. The van der Waals surface area contributed by atoms with Crippen molar-refractivity contribution in [2.75, 3.05) is 7.11 Å². The third-order valence-electron chi connectivity index (χ3n) is 3.77. The zero-order valence-electron chi connectivity index (χ0n) is 12.0. The van der Waals surface area contributed by atoms with E-state index in [1.54, 1.807) is 7.11 Å². The molecule has 2 aromatic carbocycles. The molecule has 1 N–H and O–H groups in total. The highest BCUT2D eigenvalue weighted by molar-refractivity contribution is 9.10. The highest BCUT2D eigenvalue weighted by Crippen LogP contribution is 2.43. The minimum atomic E-state index is -0.526. The molecule has 21 heavy (non-hydrogen) atoms. The molecule has 2 aromatic rings. The van der Waals surface area contributed by atoms with Crippen LogP contribution in [0.3, 0.4) is 0 Å². The van der Waals surface area contributed by atoms with E-state index >= 15 is 0 Å². The average Bonchev–Trinajstić information content (AvgIpc) is 2.47. The van der Waals surface area contributed by atoms with Crippen LogP contribution in [-0.2, 0) is 0 Å². The van der Waals surface area contributed by atoms with E-state index in [4.69, 9.17) is 9.47 Å². The minimum absolute atomic E-state index is 0.220. The summed E-state index contributed by atoms with van der Waals surface area (Å²) in [6.07, 6.45) is -0.228. The van der Waals surface area contributed by atoms with Gasteiger partial charge in [-0.05, 0) is 37.3 Å². The van der Waals surface area contributed by atoms with Gasteiger partial charge in [0.15, 0.2) is 0 Å². The molecule has 0 amide bonds. The van der Waals surface area contributed by atoms with Crippen molar-refractivity contribution in [3.8, 4) is 11.5 Å². The number of aliphatic hydroxyl groups is 1. The number of hydrogen-bond donors (Lipinski definition) is 1. The van der Waals surface area contributed by atoms with Crippen molar-refractivity contribution < 1.29 is 14.6 Å². The Kier molecular flexibility index (Phi) is 3.91. The second-order valence-electron chi connectivity index (χ2n) is 5.29. The number of ether oxygens (including phenoxy) is 2. The SMILES string of the molecule is COc1ccc(Br)cc1C1C[C@@H](O)c2cc(C)ccc2O1. The van der Waals surface area contributed by atoms with Crippen LogP contribution in [-0.4, -0.2) is 12.2 Å². The Bertz CT molecular complexity index is 669. The van der Waals surface area contributed by atoms with Crippen LogP contribution >= 0.6 is 15.9 Å². The van der Waals surface area contributed by atoms with Crippen LogP contribution in [0.15, 0.2) is 40.9 Å². The fraction of sp³-hybridized carbons (Fsp3) is 0.294. The van der Waals surface area contributed by atoms with E-state index in [9.17, 15) is 5.11 Å². The molecule has 0 spiro atoms. The molecule has 110 valence electrons. The molecule has 0 bridgehead atoms. The second-order valence-corrected chi connectivity index (χ2v) is 6.20. The van der Waals surface area contributed by atoms with Crippen molar-refractivity contribution >= 4 is 15.9 Å². The molecule has 1 aliphatic rings. The van der Waals surface area contributed by atoms with Crippen molar-refractivity contribution in [2.24, 2.45) is 0 Å². The van der Waals surface area contributed by atoms with E-state index in [2.05, 4.69) is 15.9 Å². The Balaban J connectivity index is 1.99. The standard InChI is InChI=1S/C17H17BrO3/c1-10-3-5-16-12(7-10)14(19)9-17(21-16)13-8-11(18)4-6-15(13)20-2/h3-8,14,17,19H,9H2,1-2H3/t14-,17?/m1/s1. The van der Waals surface area contributed by atoms with Gasteiger partial charge in [0.2, 0.25) is 0 Å². The topological polar surface area (TPSA) is 38.7 Å². The maximum absolute atomic E-state index is 10.4. The van der Waals surface area contributed by atoms with Gasteiger partial charge < -0.3 is 14.6 Å². The number of halogens is 1. The first kappa shape index (κ1) is 14.4. The molecule has 4 heteroatoms. The average molecular weight is 349 g/mol. The number of benzene rings is 2. The molecule has 2 atom stereocenters. The summed E-state index contributed by atoms with van der Waals surface area (Å²) in [5, 5.41) is 10.4. The van der Waals surface area contributed by atoms with Crippen LogP contribution in [0.2, 0.25) is 0 Å². The van der Waals surface area contributed by atoms with E-state index in [0.29, 0.717) is 6.42 Å². The van der Waals surface area contributed by atoms with Crippen LogP contribution in [0.25, 0.3) is 0 Å². The van der Waals surface area contributed by atoms with Crippen molar-refractivity contribution in [3.63, 3.8) is 0 Å². The second kappa shape index (κ2) is 5.70. The van der Waals surface area contributed by atoms with Gasteiger partial charge in [-0.3, -0.25) is 0 Å². The molecule has 3 rings (SSSR count). The van der Waals surface area contributed by atoms with Crippen LogP contribution in [0.4, 0.5) is 0 Å². The van der Waals surface area contributed by atoms with Gasteiger partial charge in [0.05, 0.1) is 13.2 Å². The molecule has 1 unspecified atom stereocenters. The zero-order valence-corrected chi connectivity index (χ0v) is 13.6. The highest BCUT2D eigenvalue weighted by atomic mass is 79.9. The number of rotatable bonds is 2. The lowest BCUT2D eigenvalue weighted by molar-refractivity contribution is 0.0644. The molecule has 0 saturated carbocycles. The lowest BCUT2D eigenvalue weighted by Gasteiger charge is -2.31. The molecular formula is C17H17BrO3. The lowest BCUT2D eigenvalue weighted by atomic mass is 9.93. The van der Waals surface area contributed by atoms with E-state index in [0.717, 1.165) is 32.7 Å². The van der Waals surface area contributed by atoms with Crippen molar-refractivity contribution in [1.82, 2.24) is 0 Å². The van der Waals surface area contributed by atoms with Gasteiger partial charge in [0.1, 0.15) is 17.6 Å². The zero-order chi connectivity index (χ0) is 15.0. The van der Waals surface area contributed by atoms with Crippen LogP contribution < -0.4 is 9.47 Å². The Morgan fingerprint density at radius 1 is 1.19 bits per heavy atom. The molecular weight excluding hydrogens is 332 g/mol. The Labute approximate surface area is 132 Å². The third-order valence-corrected chi connectivity index (χ3v) is 4.26. The Morgan fingerprint density at radius 3 is 2.76 bits per heavy atom. The molecule has 0 aromatic heterocycles. The van der Waals surface area contributed by atoms with Gasteiger partial charge in [-0.2, -0.15) is 0 Å². The predicted molar refractivity (Wildman–Crippen MR) is 84.8 cm³/mol. The molecule has 1 aliphatic heterocycles. The smallest absolute Gasteiger partial charge is 0.130 e. The Morgan fingerprint density at radius 2 is 2.00 bits per heavy atom. The molecule has 3 nitrogen and oxygen atoms in total. The maximum Gasteiger partial charge on any atom is 0.130 e. The summed E-state index contributed by atoms with van der Waals surface area (Å²) in [4.78, 5) is 0. The highest BCUT2D eigenvalue weighted by Gasteiger charge is 2.30. The summed E-state index contributed by atoms with van der Waals surface area (Å²) in [5.41, 5.74) is 2.92. The summed E-state index contributed by atoms with van der Waals surface area (Å²) in [5.74, 6) is 1.51. The number of aliphatic hydroxyl groups excluding tert-OH is 1. The summed E-state index contributed by atoms with van der Waals surface area (Å²) in [6, 6.07) is 11.7. The van der Waals surface area contributed by atoms with Crippen LogP contribution in [0.1, 0.15) is 35.3 Å². The van der Waals surface area contributed by atoms with Gasteiger partial charge in [-0.1, -0.05) is 27.6 Å². The van der Waals surface area contributed by atoms with Crippen LogP contribution in [0, 0.1) is 6.92 Å². The van der Waals surface area contributed by atoms with Gasteiger partial charge in [-0.25, -0.2) is 0 Å². The summed E-state index contributed by atoms with van der Waals surface area (Å²) >= 11 is 3.47. The number of fused-ring (bicyclic) bond motifs is 1. The fourth-order valence-corrected chi connectivity index (χ4v) is 3.09. The predicted octanol–water partition coefficient (Wildman–Crippen LogP) is 4.32. The summed E-state index contributed by atoms with van der Waals surface area (Å²) < 4.78 is 12.5. The quantitative estimate of drug-likeness (QED) is 0.877. The van der Waals surface area contributed by atoms with E-state index in [1.165, 1.54) is 0 Å². The number of methoxy groups -OCH3 is 1. The fourth-order valence-electron chi connectivity index (χ4n) is 2.71. The number of aryl methyl sites for hydroxylation is 1. The molecule has 0 radical (unpaired) electrons. The lowest BCUT2D eigenvalue weighted by Crippen LogP contribution is -2.19. The summed E-state index contributed by atoms with van der Waals surface area (Å²) in [6.45, 7) is 2.01. The van der Waals surface area contributed by atoms with Gasteiger partial charge in [-0.15, -0.1) is 0 Å². The Hall–Kier alpha value is -1.52. The monoisotopic (exact) mass is 348 g/mol. The molecule has 0 saturated heterocycles. The van der Waals surface area contributed by atoms with Gasteiger partial charge >= 0.3 is 0 Å². The van der Waals surface area contributed by atoms with E-state index < -0.39 is 6.10 Å². The molecule has 1 heterocycles. The van der Waals surface area contributed by atoms with Gasteiger partial charge in [0.25, 0.3) is 0 Å². The first-order valence-electron chi connectivity index (χ1n) is 6.87. The van der Waals surface area contributed by atoms with Crippen molar-refractivity contribution in [2.45, 2.75) is 25.6 Å². The first-order chi connectivity index (χ1) is 10.1. The van der Waals surface area contributed by atoms with Gasteiger partial charge in [0, 0.05) is 22.0 Å². The van der Waals surface area contributed by atoms with E-state index in [1.807, 2.05) is 43.3 Å². The molecule has 0 fully saturated rings.